The van der Waals surface area contributed by atoms with E-state index in [9.17, 15) is 9.59 Å². The third kappa shape index (κ3) is 5.46. The van der Waals surface area contributed by atoms with Crippen molar-refractivity contribution in [2.24, 2.45) is 10.9 Å². The van der Waals surface area contributed by atoms with Crippen LogP contribution in [0.25, 0.3) is 0 Å². The Morgan fingerprint density at radius 3 is 2.30 bits per heavy atom. The highest BCUT2D eigenvalue weighted by atomic mass is 35.5. The number of benzene rings is 3. The van der Waals surface area contributed by atoms with Crippen molar-refractivity contribution in [3.63, 3.8) is 0 Å². The zero-order chi connectivity index (χ0) is 21.5. The fraction of sp³-hybridized carbons (Fsp3) is 0.0870. The summed E-state index contributed by atoms with van der Waals surface area (Å²) in [6.07, 6.45) is 0. The molecule has 152 valence electrons. The Morgan fingerprint density at radius 1 is 1.00 bits per heavy atom. The molecule has 0 aliphatic heterocycles. The van der Waals surface area contributed by atoms with Gasteiger partial charge in [-0.25, -0.2) is 4.79 Å². The largest absolute Gasteiger partial charge is 0.423 e. The number of halogens is 1. The highest BCUT2D eigenvalue weighted by molar-refractivity contribution is 6.47. The number of rotatable bonds is 7. The molecule has 3 rings (SSSR count). The molecule has 3 aromatic carbocycles. The average molecular weight is 422 g/mol. The molecule has 7 heteroatoms. The standard InChI is InChI=1S/C23H20ClN3O3/c1-15-3-2-4-19(13-15)26-14-21(28)22(27-25)16-7-11-20(12-8-16)30-23(29)17-5-9-18(24)10-6-17/h2-13,26H,14,25H2,1H3/b27-22+. The number of ketones is 1. The molecule has 6 nitrogen and oxygen atoms in total. The zero-order valence-corrected chi connectivity index (χ0v) is 17.0. The predicted molar refractivity (Wildman–Crippen MR) is 118 cm³/mol. The Kier molecular flexibility index (Phi) is 6.83. The number of nitrogens with zero attached hydrogens (tertiary/aromatic N) is 1. The van der Waals surface area contributed by atoms with E-state index in [-0.39, 0.29) is 18.0 Å². The summed E-state index contributed by atoms with van der Waals surface area (Å²) in [5.74, 6) is 5.01. The van der Waals surface area contributed by atoms with Crippen LogP contribution in [0.1, 0.15) is 21.5 Å². The molecule has 3 N–H and O–H groups in total. The first-order chi connectivity index (χ1) is 14.5. The molecule has 3 aromatic rings. The van der Waals surface area contributed by atoms with Gasteiger partial charge in [-0.1, -0.05) is 23.7 Å². The quantitative estimate of drug-likeness (QED) is 0.196. The molecule has 0 saturated carbocycles. The van der Waals surface area contributed by atoms with Gasteiger partial charge in [-0.15, -0.1) is 0 Å². The molecule has 30 heavy (non-hydrogen) atoms. The van der Waals surface area contributed by atoms with E-state index in [0.29, 0.717) is 21.9 Å². The normalized spacial score (nSPS) is 11.1. The van der Waals surface area contributed by atoms with Gasteiger partial charge < -0.3 is 15.9 Å². The molecule has 0 unspecified atom stereocenters. The lowest BCUT2D eigenvalue weighted by molar-refractivity contribution is -0.111. The van der Waals surface area contributed by atoms with Crippen molar-refractivity contribution in [1.82, 2.24) is 0 Å². The minimum atomic E-state index is -0.509. The predicted octanol–water partition coefficient (Wildman–Crippen LogP) is 4.21. The monoisotopic (exact) mass is 421 g/mol. The van der Waals surface area contributed by atoms with Gasteiger partial charge in [0.15, 0.2) is 0 Å². The van der Waals surface area contributed by atoms with Crippen molar-refractivity contribution in [2.75, 3.05) is 11.9 Å². The van der Waals surface area contributed by atoms with Crippen molar-refractivity contribution >= 4 is 34.8 Å². The molecule has 0 saturated heterocycles. The summed E-state index contributed by atoms with van der Waals surface area (Å²) in [7, 11) is 0. The molecule has 0 radical (unpaired) electrons. The summed E-state index contributed by atoms with van der Waals surface area (Å²) < 4.78 is 5.34. The van der Waals surface area contributed by atoms with Gasteiger partial charge >= 0.3 is 5.97 Å². The number of hydrogen-bond acceptors (Lipinski definition) is 6. The van der Waals surface area contributed by atoms with Gasteiger partial charge in [0, 0.05) is 16.3 Å². The van der Waals surface area contributed by atoms with Gasteiger partial charge in [0.1, 0.15) is 11.5 Å². The second-order valence-corrected chi connectivity index (χ2v) is 6.98. The van der Waals surface area contributed by atoms with E-state index in [2.05, 4.69) is 10.4 Å². The number of anilines is 1. The number of aryl methyl sites for hydroxylation is 1. The highest BCUT2D eigenvalue weighted by Crippen LogP contribution is 2.17. The maximum absolute atomic E-state index is 12.5. The van der Waals surface area contributed by atoms with Crippen LogP contribution in [0.5, 0.6) is 5.75 Å². The molecule has 0 aliphatic carbocycles. The minimum absolute atomic E-state index is 0.0484. The Hall–Kier alpha value is -3.64. The number of Topliss-reactive ketones (excluding diaryl/α,β-unsaturated/α-hetero) is 1. The van der Waals surface area contributed by atoms with Gasteiger partial charge in [0.25, 0.3) is 0 Å². The molecular weight excluding hydrogens is 402 g/mol. The zero-order valence-electron chi connectivity index (χ0n) is 16.3. The summed E-state index contributed by atoms with van der Waals surface area (Å²) in [4.78, 5) is 24.7. The number of carbonyl (C=O) groups is 2. The number of hydrazone groups is 1. The van der Waals surface area contributed by atoms with E-state index >= 15 is 0 Å². The molecule has 0 amide bonds. The first kappa shape index (κ1) is 21.1. The third-order valence-corrected chi connectivity index (χ3v) is 4.53. The van der Waals surface area contributed by atoms with Gasteiger partial charge in [0.2, 0.25) is 5.78 Å². The highest BCUT2D eigenvalue weighted by Gasteiger charge is 2.15. The van der Waals surface area contributed by atoms with E-state index in [1.165, 1.54) is 0 Å². The molecule has 0 aliphatic rings. The third-order valence-electron chi connectivity index (χ3n) is 4.28. The van der Waals surface area contributed by atoms with Crippen LogP contribution < -0.4 is 15.9 Å². The maximum atomic E-state index is 12.5. The van der Waals surface area contributed by atoms with Crippen LogP contribution in [0.3, 0.4) is 0 Å². The Balaban J connectivity index is 1.63. The first-order valence-electron chi connectivity index (χ1n) is 9.16. The Morgan fingerprint density at radius 2 is 1.67 bits per heavy atom. The number of hydrogen-bond donors (Lipinski definition) is 2. The topological polar surface area (TPSA) is 93.8 Å². The number of esters is 1. The number of nitrogens with two attached hydrogens (primary N) is 1. The van der Waals surface area contributed by atoms with E-state index in [1.807, 2.05) is 31.2 Å². The lowest BCUT2D eigenvalue weighted by atomic mass is 10.1. The van der Waals surface area contributed by atoms with Gasteiger partial charge in [-0.05, 0) is 73.2 Å². The Bertz CT molecular complexity index is 1080. The molecule has 0 heterocycles. The SMILES string of the molecule is Cc1cccc(NCC(=O)/C(=N/N)c2ccc(OC(=O)c3ccc(Cl)cc3)cc2)c1. The molecule has 0 bridgehead atoms. The van der Waals surface area contributed by atoms with Crippen LogP contribution in [0.15, 0.2) is 77.9 Å². The molecule has 0 aromatic heterocycles. The summed E-state index contributed by atoms with van der Waals surface area (Å²) in [6.45, 7) is 2.02. The fourth-order valence-corrected chi connectivity index (χ4v) is 2.89. The van der Waals surface area contributed by atoms with Gasteiger partial charge in [-0.3, -0.25) is 4.79 Å². The Labute approximate surface area is 179 Å². The smallest absolute Gasteiger partial charge is 0.343 e. The van der Waals surface area contributed by atoms with Gasteiger partial charge in [-0.2, -0.15) is 5.10 Å². The number of ether oxygens (including phenoxy) is 1. The lowest BCUT2D eigenvalue weighted by Gasteiger charge is -2.09. The van der Waals surface area contributed by atoms with Gasteiger partial charge in [0.05, 0.1) is 12.1 Å². The van der Waals surface area contributed by atoms with Crippen LogP contribution in [0, 0.1) is 6.92 Å². The summed E-state index contributed by atoms with van der Waals surface area (Å²) >= 11 is 5.82. The van der Waals surface area contributed by atoms with Crippen molar-refractivity contribution in [3.05, 3.63) is 94.5 Å². The maximum Gasteiger partial charge on any atom is 0.343 e. The number of carbonyl (C=O) groups excluding carboxylic acids is 2. The van der Waals surface area contributed by atoms with Crippen LogP contribution in [-0.4, -0.2) is 24.0 Å². The van der Waals surface area contributed by atoms with Crippen molar-refractivity contribution < 1.29 is 14.3 Å². The lowest BCUT2D eigenvalue weighted by Crippen LogP contribution is -2.25. The summed E-state index contributed by atoms with van der Waals surface area (Å²) in [6, 6.07) is 20.5. The van der Waals surface area contributed by atoms with Crippen LogP contribution in [0.4, 0.5) is 5.69 Å². The van der Waals surface area contributed by atoms with Crippen LogP contribution >= 0.6 is 11.6 Å². The fourth-order valence-electron chi connectivity index (χ4n) is 2.76. The second kappa shape index (κ2) is 9.71. The summed E-state index contributed by atoms with van der Waals surface area (Å²) in [5, 5.41) is 7.24. The van der Waals surface area contributed by atoms with Crippen LogP contribution in [-0.2, 0) is 4.79 Å². The summed E-state index contributed by atoms with van der Waals surface area (Å²) in [5.41, 5.74) is 2.96. The molecular formula is C23H20ClN3O3. The molecule has 0 fully saturated rings. The first-order valence-corrected chi connectivity index (χ1v) is 9.54. The van der Waals surface area contributed by atoms with E-state index in [0.717, 1.165) is 11.3 Å². The van der Waals surface area contributed by atoms with E-state index < -0.39 is 5.97 Å². The number of nitrogens with one attached hydrogen (secondary N) is 1. The minimum Gasteiger partial charge on any atom is -0.423 e. The van der Waals surface area contributed by atoms with Crippen molar-refractivity contribution in [1.29, 1.82) is 0 Å². The van der Waals surface area contributed by atoms with Crippen LogP contribution in [0.2, 0.25) is 5.02 Å². The van der Waals surface area contributed by atoms with E-state index in [1.54, 1.807) is 48.5 Å². The molecule has 0 spiro atoms. The van der Waals surface area contributed by atoms with Crippen molar-refractivity contribution in [3.8, 4) is 5.75 Å². The molecule has 0 atom stereocenters. The average Bonchev–Trinajstić information content (AvgIpc) is 2.74. The second-order valence-electron chi connectivity index (χ2n) is 6.54. The van der Waals surface area contributed by atoms with Crippen molar-refractivity contribution in [2.45, 2.75) is 6.92 Å². The van der Waals surface area contributed by atoms with E-state index in [4.69, 9.17) is 22.2 Å².